The quantitative estimate of drug-likeness (QED) is 0.459. The van der Waals surface area contributed by atoms with Crippen molar-refractivity contribution in [2.24, 2.45) is 58.2 Å². The van der Waals surface area contributed by atoms with Gasteiger partial charge in [0.15, 0.2) is 0 Å². The molecule has 13 atom stereocenters. The van der Waals surface area contributed by atoms with Gasteiger partial charge in [-0.1, -0.05) is 48.0 Å². The number of carbonyl (C=O) groups is 1. The SMILES string of the molecule is CC[C@@H](C(C)C)[C@@H](O)[C@H](O)[C@H](C)[C@@H]1CC[C@@H]2[C@@H]3CC(=O)[C@@H]4C[C@@H](O)[C@@H](O)C[C@]4(C)[C@@H]3CC[C@@]21C. The average Bonchev–Trinajstić information content (AvgIpc) is 3.12. The number of ketones is 1. The number of aliphatic hydroxyl groups is 4. The summed E-state index contributed by atoms with van der Waals surface area (Å²) in [6.45, 7) is 13.1. The molecule has 0 radical (unpaired) electrons. The third-order valence-corrected chi connectivity index (χ3v) is 11.8. The van der Waals surface area contributed by atoms with Crippen LogP contribution in [0.4, 0.5) is 0 Å². The summed E-state index contributed by atoms with van der Waals surface area (Å²) in [6, 6.07) is 0. The van der Waals surface area contributed by atoms with Gasteiger partial charge in [0.2, 0.25) is 0 Å². The molecular weight excluding hydrogens is 428 g/mol. The first-order valence-electron chi connectivity index (χ1n) is 14.1. The Kier molecular flexibility index (Phi) is 7.37. The van der Waals surface area contributed by atoms with Gasteiger partial charge in [-0.15, -0.1) is 0 Å². The van der Waals surface area contributed by atoms with Gasteiger partial charge in [-0.3, -0.25) is 4.79 Å². The monoisotopic (exact) mass is 478 g/mol. The van der Waals surface area contributed by atoms with Gasteiger partial charge in [0.05, 0.1) is 24.4 Å². The minimum Gasteiger partial charge on any atom is -0.390 e. The molecule has 5 heteroatoms. The van der Waals surface area contributed by atoms with Crippen LogP contribution in [0, 0.1) is 58.2 Å². The Morgan fingerprint density at radius 1 is 0.941 bits per heavy atom. The molecular formula is C29H50O5. The van der Waals surface area contributed by atoms with Crippen LogP contribution in [-0.4, -0.2) is 50.6 Å². The summed E-state index contributed by atoms with van der Waals surface area (Å²) in [4.78, 5) is 13.4. The number of hydrogen-bond donors (Lipinski definition) is 4. The predicted molar refractivity (Wildman–Crippen MR) is 133 cm³/mol. The van der Waals surface area contributed by atoms with Gasteiger partial charge in [-0.2, -0.15) is 0 Å². The number of aliphatic hydroxyl groups excluding tert-OH is 4. The molecule has 34 heavy (non-hydrogen) atoms. The summed E-state index contributed by atoms with van der Waals surface area (Å²) < 4.78 is 0. The van der Waals surface area contributed by atoms with Crippen LogP contribution in [0.5, 0.6) is 0 Å². The second kappa shape index (κ2) is 9.43. The molecule has 4 fully saturated rings. The zero-order valence-electron chi connectivity index (χ0n) is 22.3. The molecule has 5 nitrogen and oxygen atoms in total. The summed E-state index contributed by atoms with van der Waals surface area (Å²) in [5.41, 5.74) is -0.165. The van der Waals surface area contributed by atoms with Crippen LogP contribution in [0.2, 0.25) is 0 Å². The van der Waals surface area contributed by atoms with Crippen molar-refractivity contribution in [1.29, 1.82) is 0 Å². The van der Waals surface area contributed by atoms with Gasteiger partial charge in [0, 0.05) is 12.3 Å². The van der Waals surface area contributed by atoms with Crippen LogP contribution in [0.3, 0.4) is 0 Å². The van der Waals surface area contributed by atoms with Gasteiger partial charge < -0.3 is 20.4 Å². The van der Waals surface area contributed by atoms with Crippen LogP contribution in [0.15, 0.2) is 0 Å². The molecule has 0 aromatic rings. The Morgan fingerprint density at radius 3 is 2.21 bits per heavy atom. The highest BCUT2D eigenvalue weighted by molar-refractivity contribution is 5.83. The number of Topliss-reactive ketones (excluding diaryl/α,β-unsaturated/α-hetero) is 1. The van der Waals surface area contributed by atoms with E-state index in [0.717, 1.165) is 32.1 Å². The zero-order chi connectivity index (χ0) is 25.2. The van der Waals surface area contributed by atoms with E-state index in [2.05, 4.69) is 41.5 Å². The highest BCUT2D eigenvalue weighted by Gasteiger charge is 2.63. The molecule has 0 amide bonds. The van der Waals surface area contributed by atoms with Gasteiger partial charge >= 0.3 is 0 Å². The van der Waals surface area contributed by atoms with Crippen molar-refractivity contribution in [2.45, 2.75) is 117 Å². The van der Waals surface area contributed by atoms with Crippen molar-refractivity contribution >= 4 is 5.78 Å². The molecule has 0 heterocycles. The molecule has 0 unspecified atom stereocenters. The van der Waals surface area contributed by atoms with E-state index in [1.165, 1.54) is 0 Å². The molecule has 4 aliphatic rings. The standard InChI is InChI=1S/C29H50O5/c1-7-17(15(2)3)27(34)26(33)16(4)19-8-9-20-18-12-23(30)22-13-24(31)25(32)14-29(22,6)21(18)10-11-28(19,20)5/h15-22,24-27,31-34H,7-14H2,1-6H3/t16-,17+,18+,19+,20-,21-,22+,24-,25+,26-,27-,28-,29-/m1/s1. The van der Waals surface area contributed by atoms with E-state index < -0.39 is 24.4 Å². The lowest BCUT2D eigenvalue weighted by atomic mass is 9.44. The fourth-order valence-electron chi connectivity index (χ4n) is 9.89. The van der Waals surface area contributed by atoms with Crippen molar-refractivity contribution in [3.63, 3.8) is 0 Å². The summed E-state index contributed by atoms with van der Waals surface area (Å²) in [5, 5.41) is 43.1. The molecule has 4 saturated carbocycles. The Balaban J connectivity index is 1.55. The Hall–Kier alpha value is -0.490. The molecule has 0 spiro atoms. The molecule has 0 aromatic carbocycles. The first-order valence-corrected chi connectivity index (χ1v) is 14.1. The van der Waals surface area contributed by atoms with Crippen molar-refractivity contribution in [3.05, 3.63) is 0 Å². The van der Waals surface area contributed by atoms with E-state index in [0.29, 0.717) is 48.9 Å². The summed E-state index contributed by atoms with van der Waals surface area (Å²) in [5.74, 6) is 2.12. The van der Waals surface area contributed by atoms with Crippen LogP contribution in [0.1, 0.15) is 92.9 Å². The molecule has 4 rings (SSSR count). The lowest BCUT2D eigenvalue weighted by Gasteiger charge is -2.61. The number of fused-ring (bicyclic) bond motifs is 5. The largest absolute Gasteiger partial charge is 0.390 e. The van der Waals surface area contributed by atoms with Crippen LogP contribution >= 0.6 is 0 Å². The molecule has 196 valence electrons. The molecule has 4 N–H and O–H groups in total. The number of carbonyl (C=O) groups excluding carboxylic acids is 1. The fraction of sp³-hybridized carbons (Fsp3) is 0.966. The molecule has 0 saturated heterocycles. The minimum absolute atomic E-state index is 0.0172. The molecule has 4 aliphatic carbocycles. The van der Waals surface area contributed by atoms with E-state index in [-0.39, 0.29) is 34.4 Å². The Bertz CT molecular complexity index is 753. The average molecular weight is 479 g/mol. The molecule has 0 aromatic heterocycles. The number of hydrogen-bond acceptors (Lipinski definition) is 5. The van der Waals surface area contributed by atoms with E-state index in [9.17, 15) is 25.2 Å². The second-order valence-electron chi connectivity index (χ2n) is 13.6. The Morgan fingerprint density at radius 2 is 1.59 bits per heavy atom. The normalized spacial score (nSPS) is 48.0. The predicted octanol–water partition coefficient (Wildman–Crippen LogP) is 4.20. The highest BCUT2D eigenvalue weighted by Crippen LogP contribution is 2.67. The van der Waals surface area contributed by atoms with Crippen molar-refractivity contribution < 1.29 is 25.2 Å². The fourth-order valence-corrected chi connectivity index (χ4v) is 9.89. The van der Waals surface area contributed by atoms with E-state index in [1.807, 2.05) is 0 Å². The molecule has 0 bridgehead atoms. The first kappa shape index (κ1) is 26.6. The lowest BCUT2D eigenvalue weighted by molar-refractivity contribution is -0.175. The summed E-state index contributed by atoms with van der Waals surface area (Å²) in [6.07, 6.45) is 3.69. The maximum Gasteiger partial charge on any atom is 0.136 e. The third-order valence-electron chi connectivity index (χ3n) is 11.8. The van der Waals surface area contributed by atoms with Crippen molar-refractivity contribution in [3.8, 4) is 0 Å². The maximum absolute atomic E-state index is 13.4. The van der Waals surface area contributed by atoms with Crippen LogP contribution in [-0.2, 0) is 4.79 Å². The van der Waals surface area contributed by atoms with E-state index in [1.54, 1.807) is 0 Å². The number of rotatable bonds is 6. The van der Waals surface area contributed by atoms with Crippen molar-refractivity contribution in [1.82, 2.24) is 0 Å². The minimum atomic E-state index is -0.783. The van der Waals surface area contributed by atoms with Crippen molar-refractivity contribution in [2.75, 3.05) is 0 Å². The Labute approximate surface area is 206 Å². The molecule has 0 aliphatic heterocycles. The zero-order valence-corrected chi connectivity index (χ0v) is 22.3. The third kappa shape index (κ3) is 4.01. The van der Waals surface area contributed by atoms with Gasteiger partial charge in [-0.25, -0.2) is 0 Å². The van der Waals surface area contributed by atoms with Crippen LogP contribution in [0.25, 0.3) is 0 Å². The van der Waals surface area contributed by atoms with Gasteiger partial charge in [0.25, 0.3) is 0 Å². The smallest absolute Gasteiger partial charge is 0.136 e. The summed E-state index contributed by atoms with van der Waals surface area (Å²) in [7, 11) is 0. The maximum atomic E-state index is 13.4. The summed E-state index contributed by atoms with van der Waals surface area (Å²) >= 11 is 0. The van der Waals surface area contributed by atoms with Gasteiger partial charge in [-0.05, 0) is 90.8 Å². The lowest BCUT2D eigenvalue weighted by Crippen LogP contribution is -2.59. The van der Waals surface area contributed by atoms with Crippen LogP contribution < -0.4 is 0 Å². The highest BCUT2D eigenvalue weighted by atomic mass is 16.3. The second-order valence-corrected chi connectivity index (χ2v) is 13.6. The van der Waals surface area contributed by atoms with Gasteiger partial charge in [0.1, 0.15) is 5.78 Å². The van der Waals surface area contributed by atoms with E-state index >= 15 is 0 Å². The first-order chi connectivity index (χ1) is 15.9. The van der Waals surface area contributed by atoms with E-state index in [4.69, 9.17) is 0 Å². The topological polar surface area (TPSA) is 98.0 Å².